The molecule has 1 aliphatic heterocycles. The van der Waals surface area contributed by atoms with Gasteiger partial charge in [-0.25, -0.2) is 9.78 Å². The highest BCUT2D eigenvalue weighted by Crippen LogP contribution is 2.29. The lowest BCUT2D eigenvalue weighted by atomic mass is 10.1. The third-order valence-corrected chi connectivity index (χ3v) is 6.47. The van der Waals surface area contributed by atoms with Crippen molar-refractivity contribution < 1.29 is 19.0 Å². The van der Waals surface area contributed by atoms with Crippen LogP contribution in [0.1, 0.15) is 17.8 Å². The summed E-state index contributed by atoms with van der Waals surface area (Å²) in [6.07, 6.45) is 1.50. The van der Waals surface area contributed by atoms with Crippen LogP contribution in [0, 0.1) is 0 Å². The number of carbonyl (C=O) groups is 1. The summed E-state index contributed by atoms with van der Waals surface area (Å²) in [5, 5.41) is 3.84. The standard InChI is InChI=1S/C24H29N5O4S/c1-31-18-7-4-6-17(14-18)15-22-26-24(34-27-22)29-11-5-10-28(12-13-29)23(30)25-20-9-8-19(32-2)16-21(20)33-3/h4,6-9,14,16H,5,10-13,15H2,1-3H3,(H,25,30). The summed E-state index contributed by atoms with van der Waals surface area (Å²) in [4.78, 5) is 21.7. The minimum absolute atomic E-state index is 0.152. The van der Waals surface area contributed by atoms with Crippen molar-refractivity contribution in [1.82, 2.24) is 14.3 Å². The van der Waals surface area contributed by atoms with Gasteiger partial charge in [-0.15, -0.1) is 0 Å². The SMILES string of the molecule is COc1cccc(Cc2nsc(N3CCCN(C(=O)Nc4ccc(OC)cc4OC)CC3)n2)c1. The Bertz CT molecular complexity index is 1120. The first kappa shape index (κ1) is 23.6. The first-order valence-electron chi connectivity index (χ1n) is 11.1. The quantitative estimate of drug-likeness (QED) is 0.545. The van der Waals surface area contributed by atoms with E-state index in [1.165, 1.54) is 11.5 Å². The predicted octanol–water partition coefficient (Wildman–Crippen LogP) is 3.90. The van der Waals surface area contributed by atoms with Gasteiger partial charge in [0, 0.05) is 50.2 Å². The zero-order chi connectivity index (χ0) is 23.9. The molecule has 0 radical (unpaired) electrons. The van der Waals surface area contributed by atoms with Gasteiger partial charge >= 0.3 is 6.03 Å². The van der Waals surface area contributed by atoms with Gasteiger partial charge in [-0.2, -0.15) is 4.37 Å². The Morgan fingerprint density at radius 2 is 1.82 bits per heavy atom. The molecular weight excluding hydrogens is 454 g/mol. The van der Waals surface area contributed by atoms with Crippen molar-refractivity contribution in [1.29, 1.82) is 0 Å². The monoisotopic (exact) mass is 483 g/mol. The summed E-state index contributed by atoms with van der Waals surface area (Å²) in [5.74, 6) is 2.84. The number of amides is 2. The van der Waals surface area contributed by atoms with Crippen molar-refractivity contribution in [3.05, 3.63) is 53.9 Å². The van der Waals surface area contributed by atoms with Crippen LogP contribution in [0.15, 0.2) is 42.5 Å². The molecule has 180 valence electrons. The highest BCUT2D eigenvalue weighted by atomic mass is 32.1. The molecule has 1 fully saturated rings. The summed E-state index contributed by atoms with van der Waals surface area (Å²) < 4.78 is 20.5. The minimum Gasteiger partial charge on any atom is -0.497 e. The number of hydrogen-bond acceptors (Lipinski definition) is 8. The second-order valence-electron chi connectivity index (χ2n) is 7.85. The van der Waals surface area contributed by atoms with Crippen molar-refractivity contribution in [2.75, 3.05) is 57.7 Å². The molecule has 2 heterocycles. The Labute approximate surface area is 203 Å². The van der Waals surface area contributed by atoms with E-state index in [-0.39, 0.29) is 6.03 Å². The van der Waals surface area contributed by atoms with Crippen LogP contribution in [0.5, 0.6) is 17.2 Å². The normalized spacial score (nSPS) is 13.9. The van der Waals surface area contributed by atoms with Crippen molar-refractivity contribution in [3.8, 4) is 17.2 Å². The molecule has 10 heteroatoms. The van der Waals surface area contributed by atoms with Gasteiger partial charge in [0.15, 0.2) is 0 Å². The van der Waals surface area contributed by atoms with Gasteiger partial charge in [-0.1, -0.05) is 12.1 Å². The number of hydrogen-bond donors (Lipinski definition) is 1. The largest absolute Gasteiger partial charge is 0.497 e. The zero-order valence-corrected chi connectivity index (χ0v) is 20.4. The summed E-state index contributed by atoms with van der Waals surface area (Å²) in [6, 6.07) is 13.1. The van der Waals surface area contributed by atoms with Crippen molar-refractivity contribution in [2.24, 2.45) is 0 Å². The van der Waals surface area contributed by atoms with E-state index in [1.807, 2.05) is 29.2 Å². The maximum Gasteiger partial charge on any atom is 0.322 e. The molecule has 2 amide bonds. The summed E-state index contributed by atoms with van der Waals surface area (Å²) in [6.45, 7) is 2.77. The third-order valence-electron chi connectivity index (χ3n) is 5.66. The van der Waals surface area contributed by atoms with Crippen LogP contribution in [0.3, 0.4) is 0 Å². The van der Waals surface area contributed by atoms with E-state index >= 15 is 0 Å². The molecule has 3 aromatic rings. The first-order valence-corrected chi connectivity index (χ1v) is 11.9. The van der Waals surface area contributed by atoms with Crippen LogP contribution in [0.4, 0.5) is 15.6 Å². The van der Waals surface area contributed by atoms with E-state index in [1.54, 1.807) is 39.5 Å². The molecule has 0 atom stereocenters. The van der Waals surface area contributed by atoms with Gasteiger partial charge in [0.05, 0.1) is 27.0 Å². The minimum atomic E-state index is -0.152. The van der Waals surface area contributed by atoms with Gasteiger partial charge in [-0.3, -0.25) is 0 Å². The van der Waals surface area contributed by atoms with Crippen LogP contribution in [-0.4, -0.2) is 67.8 Å². The number of benzene rings is 2. The zero-order valence-electron chi connectivity index (χ0n) is 19.6. The number of nitrogens with zero attached hydrogens (tertiary/aromatic N) is 4. The smallest absolute Gasteiger partial charge is 0.322 e. The lowest BCUT2D eigenvalue weighted by Crippen LogP contribution is -2.38. The molecule has 0 bridgehead atoms. The van der Waals surface area contributed by atoms with Gasteiger partial charge in [0.25, 0.3) is 0 Å². The molecule has 4 rings (SSSR count). The molecule has 2 aromatic carbocycles. The van der Waals surface area contributed by atoms with Crippen molar-refractivity contribution in [3.63, 3.8) is 0 Å². The second kappa shape index (κ2) is 11.1. The third kappa shape index (κ3) is 5.69. The summed E-state index contributed by atoms with van der Waals surface area (Å²) in [5.41, 5.74) is 1.72. The Morgan fingerprint density at radius 1 is 1.00 bits per heavy atom. The van der Waals surface area contributed by atoms with E-state index in [0.717, 1.165) is 35.2 Å². The fourth-order valence-corrected chi connectivity index (χ4v) is 4.55. The molecule has 0 saturated carbocycles. The lowest BCUT2D eigenvalue weighted by Gasteiger charge is -2.22. The maximum atomic E-state index is 12.9. The second-order valence-corrected chi connectivity index (χ2v) is 8.58. The fourth-order valence-electron chi connectivity index (χ4n) is 3.82. The van der Waals surface area contributed by atoms with Crippen LogP contribution >= 0.6 is 11.5 Å². The van der Waals surface area contributed by atoms with Crippen molar-refractivity contribution >= 4 is 28.4 Å². The average Bonchev–Trinajstić information content (AvgIpc) is 3.18. The molecule has 0 unspecified atom stereocenters. The Hall–Kier alpha value is -3.53. The van der Waals surface area contributed by atoms with E-state index in [0.29, 0.717) is 43.2 Å². The Kier molecular flexibility index (Phi) is 7.69. The number of ether oxygens (including phenoxy) is 3. The Morgan fingerprint density at radius 3 is 2.62 bits per heavy atom. The topological polar surface area (TPSA) is 89.1 Å². The number of anilines is 2. The molecule has 0 spiro atoms. The van der Waals surface area contributed by atoms with E-state index < -0.39 is 0 Å². The number of aromatic nitrogens is 2. The van der Waals surface area contributed by atoms with E-state index in [9.17, 15) is 4.79 Å². The molecule has 1 aromatic heterocycles. The molecule has 1 aliphatic rings. The lowest BCUT2D eigenvalue weighted by molar-refractivity contribution is 0.215. The molecule has 1 N–H and O–H groups in total. The van der Waals surface area contributed by atoms with Crippen LogP contribution in [0.25, 0.3) is 0 Å². The molecule has 1 saturated heterocycles. The number of urea groups is 1. The molecule has 0 aliphatic carbocycles. The van der Waals surface area contributed by atoms with Crippen LogP contribution in [-0.2, 0) is 6.42 Å². The number of rotatable bonds is 7. The van der Waals surface area contributed by atoms with E-state index in [2.05, 4.69) is 14.6 Å². The maximum absolute atomic E-state index is 12.9. The van der Waals surface area contributed by atoms with Crippen LogP contribution < -0.4 is 24.4 Å². The van der Waals surface area contributed by atoms with Crippen LogP contribution in [0.2, 0.25) is 0 Å². The van der Waals surface area contributed by atoms with E-state index in [4.69, 9.17) is 19.2 Å². The number of nitrogens with one attached hydrogen (secondary N) is 1. The number of carbonyl (C=O) groups excluding carboxylic acids is 1. The van der Waals surface area contributed by atoms with Gasteiger partial charge < -0.3 is 29.3 Å². The molecular formula is C24H29N5O4S. The summed E-state index contributed by atoms with van der Waals surface area (Å²) in [7, 11) is 4.82. The molecule has 9 nitrogen and oxygen atoms in total. The Balaban J connectivity index is 1.35. The van der Waals surface area contributed by atoms with Gasteiger partial charge in [0.1, 0.15) is 23.1 Å². The number of methoxy groups -OCH3 is 3. The fraction of sp³-hybridized carbons (Fsp3) is 0.375. The van der Waals surface area contributed by atoms with Crippen molar-refractivity contribution in [2.45, 2.75) is 12.8 Å². The highest BCUT2D eigenvalue weighted by molar-refractivity contribution is 7.09. The van der Waals surface area contributed by atoms with Gasteiger partial charge in [0.2, 0.25) is 5.13 Å². The first-order chi connectivity index (χ1) is 16.6. The average molecular weight is 484 g/mol. The van der Waals surface area contributed by atoms with Gasteiger partial charge in [-0.05, 0) is 36.2 Å². The predicted molar refractivity (Wildman–Crippen MR) is 133 cm³/mol. The highest BCUT2D eigenvalue weighted by Gasteiger charge is 2.22. The molecule has 34 heavy (non-hydrogen) atoms. The summed E-state index contributed by atoms with van der Waals surface area (Å²) >= 11 is 1.40.